The molecule has 0 radical (unpaired) electrons. The number of nitrogens with zero attached hydrogens (tertiary/aromatic N) is 1. The maximum absolute atomic E-state index is 12.1. The maximum Gasteiger partial charge on any atom is 0.328 e. The van der Waals surface area contributed by atoms with Gasteiger partial charge in [-0.2, -0.15) is 5.10 Å². The number of aromatic amines is 1. The fourth-order valence-corrected chi connectivity index (χ4v) is 2.41. The summed E-state index contributed by atoms with van der Waals surface area (Å²) < 4.78 is 0. The molecule has 0 aliphatic heterocycles. The van der Waals surface area contributed by atoms with Gasteiger partial charge in [0.1, 0.15) is 0 Å². The SMILES string of the molecule is Cc1n[nH]c(C)c1NC(=O)c1csc(C=CC(=O)O)c1. The lowest BCUT2D eigenvalue weighted by Crippen LogP contribution is -2.11. The summed E-state index contributed by atoms with van der Waals surface area (Å²) in [6.07, 6.45) is 2.50. The number of anilines is 1. The van der Waals surface area contributed by atoms with Gasteiger partial charge in [0.25, 0.3) is 5.91 Å². The highest BCUT2D eigenvalue weighted by Crippen LogP contribution is 2.20. The second kappa shape index (κ2) is 5.70. The molecule has 6 nitrogen and oxygen atoms in total. The fourth-order valence-electron chi connectivity index (χ4n) is 1.63. The van der Waals surface area contributed by atoms with Crippen LogP contribution in [0.15, 0.2) is 17.5 Å². The molecule has 0 aliphatic rings. The fraction of sp³-hybridized carbons (Fsp3) is 0.154. The van der Waals surface area contributed by atoms with Crippen LogP contribution >= 0.6 is 11.3 Å². The summed E-state index contributed by atoms with van der Waals surface area (Å²) in [5.74, 6) is -1.27. The molecule has 0 spiro atoms. The third kappa shape index (κ3) is 3.12. The standard InChI is InChI=1S/C13H13N3O3S/c1-7-12(8(2)16-15-7)14-13(19)9-5-10(20-6-9)3-4-11(17)18/h3-6H,1-2H3,(H,14,19)(H,15,16)(H,17,18). The minimum atomic E-state index is -1.02. The normalized spacial score (nSPS) is 10.9. The van der Waals surface area contributed by atoms with E-state index in [2.05, 4.69) is 15.5 Å². The lowest BCUT2D eigenvalue weighted by atomic mass is 10.2. The average molecular weight is 291 g/mol. The summed E-state index contributed by atoms with van der Waals surface area (Å²) in [5, 5.41) is 19.8. The van der Waals surface area contributed by atoms with Crippen LogP contribution in [0.25, 0.3) is 6.08 Å². The van der Waals surface area contributed by atoms with E-state index in [4.69, 9.17) is 5.11 Å². The number of carbonyl (C=O) groups is 2. The lowest BCUT2D eigenvalue weighted by molar-refractivity contribution is -0.131. The monoisotopic (exact) mass is 291 g/mol. The van der Waals surface area contributed by atoms with E-state index in [0.717, 1.165) is 17.5 Å². The predicted molar refractivity (Wildman–Crippen MR) is 77.0 cm³/mol. The number of aromatic nitrogens is 2. The van der Waals surface area contributed by atoms with Crippen molar-refractivity contribution in [2.75, 3.05) is 5.32 Å². The van der Waals surface area contributed by atoms with Crippen molar-refractivity contribution in [1.82, 2.24) is 10.2 Å². The van der Waals surface area contributed by atoms with E-state index in [9.17, 15) is 9.59 Å². The number of carboxylic acid groups (broad SMARTS) is 1. The van der Waals surface area contributed by atoms with E-state index < -0.39 is 5.97 Å². The Bertz CT molecular complexity index is 665. The Kier molecular flexibility index (Phi) is 3.99. The molecule has 0 aliphatic carbocycles. The van der Waals surface area contributed by atoms with Crippen LogP contribution in [0.5, 0.6) is 0 Å². The topological polar surface area (TPSA) is 95.1 Å². The van der Waals surface area contributed by atoms with E-state index in [1.807, 2.05) is 6.92 Å². The van der Waals surface area contributed by atoms with Crippen LogP contribution in [0.2, 0.25) is 0 Å². The first-order valence-corrected chi connectivity index (χ1v) is 6.68. The zero-order chi connectivity index (χ0) is 14.7. The van der Waals surface area contributed by atoms with Gasteiger partial charge in [-0.3, -0.25) is 9.89 Å². The number of thiophene rings is 1. The number of H-pyrrole nitrogens is 1. The lowest BCUT2D eigenvalue weighted by Gasteiger charge is -2.02. The molecule has 0 bridgehead atoms. The minimum absolute atomic E-state index is 0.246. The number of carboxylic acids is 1. The Morgan fingerprint density at radius 2 is 2.20 bits per heavy atom. The third-order valence-electron chi connectivity index (χ3n) is 2.64. The highest BCUT2D eigenvalue weighted by atomic mass is 32.1. The molecule has 0 aromatic carbocycles. The van der Waals surface area contributed by atoms with E-state index in [1.54, 1.807) is 18.4 Å². The van der Waals surface area contributed by atoms with Gasteiger partial charge in [-0.25, -0.2) is 4.79 Å². The summed E-state index contributed by atoms with van der Waals surface area (Å²) in [5.41, 5.74) is 2.66. The number of hydrogen-bond donors (Lipinski definition) is 3. The highest BCUT2D eigenvalue weighted by molar-refractivity contribution is 7.11. The molecule has 2 aromatic heterocycles. The molecule has 2 rings (SSSR count). The first kappa shape index (κ1) is 14.0. The summed E-state index contributed by atoms with van der Waals surface area (Å²) >= 11 is 1.31. The van der Waals surface area contributed by atoms with Crippen LogP contribution in [-0.4, -0.2) is 27.2 Å². The first-order valence-electron chi connectivity index (χ1n) is 5.80. The number of aryl methyl sites for hydroxylation is 2. The second-order valence-electron chi connectivity index (χ2n) is 4.17. The van der Waals surface area contributed by atoms with Gasteiger partial charge >= 0.3 is 5.97 Å². The van der Waals surface area contributed by atoms with Crippen molar-refractivity contribution >= 4 is 35.0 Å². The molecule has 0 atom stereocenters. The number of carbonyl (C=O) groups excluding carboxylic acids is 1. The van der Waals surface area contributed by atoms with Gasteiger partial charge in [-0.15, -0.1) is 11.3 Å². The molecular weight excluding hydrogens is 278 g/mol. The average Bonchev–Trinajstić information content (AvgIpc) is 2.98. The molecule has 2 heterocycles. The van der Waals surface area contributed by atoms with Crippen molar-refractivity contribution in [3.63, 3.8) is 0 Å². The Labute approximate surface area is 119 Å². The molecule has 0 unspecified atom stereocenters. The minimum Gasteiger partial charge on any atom is -0.478 e. The Morgan fingerprint density at radius 3 is 2.80 bits per heavy atom. The third-order valence-corrected chi connectivity index (χ3v) is 3.54. The van der Waals surface area contributed by atoms with Gasteiger partial charge in [0.15, 0.2) is 0 Å². The second-order valence-corrected chi connectivity index (χ2v) is 5.12. The van der Waals surface area contributed by atoms with E-state index in [-0.39, 0.29) is 5.91 Å². The first-order chi connectivity index (χ1) is 9.47. The molecule has 7 heteroatoms. The Morgan fingerprint density at radius 1 is 1.45 bits per heavy atom. The molecule has 0 saturated heterocycles. The van der Waals surface area contributed by atoms with Crippen LogP contribution in [-0.2, 0) is 4.79 Å². The number of rotatable bonds is 4. The number of hydrogen-bond acceptors (Lipinski definition) is 4. The zero-order valence-corrected chi connectivity index (χ0v) is 11.7. The summed E-state index contributed by atoms with van der Waals surface area (Å²) in [6.45, 7) is 3.62. The molecule has 1 amide bonds. The number of amides is 1. The van der Waals surface area contributed by atoms with Crippen LogP contribution in [0.1, 0.15) is 26.6 Å². The maximum atomic E-state index is 12.1. The smallest absolute Gasteiger partial charge is 0.328 e. The quantitative estimate of drug-likeness (QED) is 0.754. The predicted octanol–water partition coefficient (Wildman–Crippen LogP) is 2.44. The molecule has 0 saturated carbocycles. The van der Waals surface area contributed by atoms with E-state index in [0.29, 0.717) is 16.1 Å². The van der Waals surface area contributed by atoms with Gasteiger partial charge in [-0.05, 0) is 26.0 Å². The van der Waals surface area contributed by atoms with Crippen molar-refractivity contribution in [3.8, 4) is 0 Å². The highest BCUT2D eigenvalue weighted by Gasteiger charge is 2.13. The zero-order valence-electron chi connectivity index (χ0n) is 10.9. The summed E-state index contributed by atoms with van der Waals surface area (Å²) in [4.78, 5) is 23.2. The molecule has 20 heavy (non-hydrogen) atoms. The van der Waals surface area contributed by atoms with Gasteiger partial charge in [0.05, 0.1) is 22.6 Å². The van der Waals surface area contributed by atoms with Crippen LogP contribution in [0, 0.1) is 13.8 Å². The largest absolute Gasteiger partial charge is 0.478 e. The van der Waals surface area contributed by atoms with Crippen molar-refractivity contribution in [2.45, 2.75) is 13.8 Å². The van der Waals surface area contributed by atoms with Crippen molar-refractivity contribution < 1.29 is 14.7 Å². The van der Waals surface area contributed by atoms with Gasteiger partial charge in [0.2, 0.25) is 0 Å². The van der Waals surface area contributed by atoms with Gasteiger partial charge in [0, 0.05) is 16.3 Å². The number of aliphatic carboxylic acids is 1. The van der Waals surface area contributed by atoms with Crippen LogP contribution in [0.4, 0.5) is 5.69 Å². The van der Waals surface area contributed by atoms with Crippen molar-refractivity contribution in [3.05, 3.63) is 39.4 Å². The summed E-state index contributed by atoms with van der Waals surface area (Å²) in [7, 11) is 0. The van der Waals surface area contributed by atoms with Gasteiger partial charge in [-0.1, -0.05) is 0 Å². The molecule has 3 N–H and O–H groups in total. The van der Waals surface area contributed by atoms with E-state index in [1.165, 1.54) is 17.4 Å². The van der Waals surface area contributed by atoms with E-state index >= 15 is 0 Å². The van der Waals surface area contributed by atoms with Crippen molar-refractivity contribution in [1.29, 1.82) is 0 Å². The molecule has 0 fully saturated rings. The van der Waals surface area contributed by atoms with Crippen LogP contribution < -0.4 is 5.32 Å². The summed E-state index contributed by atoms with van der Waals surface area (Å²) in [6, 6.07) is 1.64. The number of nitrogens with one attached hydrogen (secondary N) is 2. The molecular formula is C13H13N3O3S. The van der Waals surface area contributed by atoms with Gasteiger partial charge < -0.3 is 10.4 Å². The molecule has 2 aromatic rings. The molecule has 104 valence electrons. The van der Waals surface area contributed by atoms with Crippen LogP contribution in [0.3, 0.4) is 0 Å². The Balaban J connectivity index is 2.12. The Hall–Kier alpha value is -2.41. The van der Waals surface area contributed by atoms with Crippen molar-refractivity contribution in [2.24, 2.45) is 0 Å².